The molecule has 1 atom stereocenters. The van der Waals surface area contributed by atoms with E-state index in [9.17, 15) is 4.79 Å². The molecule has 1 unspecified atom stereocenters. The van der Waals surface area contributed by atoms with Gasteiger partial charge in [-0.2, -0.15) is 0 Å². The van der Waals surface area contributed by atoms with Gasteiger partial charge in [0, 0.05) is 50.8 Å². The van der Waals surface area contributed by atoms with Crippen LogP contribution in [0, 0.1) is 17.8 Å². The van der Waals surface area contributed by atoms with Crippen LogP contribution in [0.25, 0.3) is 0 Å². The van der Waals surface area contributed by atoms with Crippen LogP contribution in [0.15, 0.2) is 24.5 Å². The Morgan fingerprint density at radius 2 is 1.79 bits per heavy atom. The Labute approximate surface area is 144 Å². The van der Waals surface area contributed by atoms with E-state index in [0.717, 1.165) is 44.9 Å². The van der Waals surface area contributed by atoms with Crippen molar-refractivity contribution < 1.29 is 9.90 Å². The molecule has 1 saturated carbocycles. The maximum absolute atomic E-state index is 11.1. The Hall–Kier alpha value is -1.62. The Bertz CT molecular complexity index is 521. The molecule has 132 valence electrons. The van der Waals surface area contributed by atoms with Crippen LogP contribution < -0.4 is 4.90 Å². The minimum absolute atomic E-state index is 0.185. The zero-order valence-electron chi connectivity index (χ0n) is 14.6. The van der Waals surface area contributed by atoms with Crippen molar-refractivity contribution in [3.63, 3.8) is 0 Å². The lowest BCUT2D eigenvalue weighted by Crippen LogP contribution is -2.48. The summed E-state index contributed by atoms with van der Waals surface area (Å²) >= 11 is 0. The van der Waals surface area contributed by atoms with Gasteiger partial charge in [0.25, 0.3) is 0 Å². The summed E-state index contributed by atoms with van der Waals surface area (Å²) in [6.45, 7) is 7.44. The number of carboxylic acid groups (broad SMARTS) is 1. The van der Waals surface area contributed by atoms with Crippen molar-refractivity contribution in [2.75, 3.05) is 37.6 Å². The summed E-state index contributed by atoms with van der Waals surface area (Å²) in [5, 5.41) is 9.16. The van der Waals surface area contributed by atoms with Crippen LogP contribution in [-0.2, 0) is 4.79 Å². The Morgan fingerprint density at radius 3 is 2.38 bits per heavy atom. The van der Waals surface area contributed by atoms with E-state index in [1.54, 1.807) is 0 Å². The normalized spacial score (nSPS) is 27.0. The second-order valence-corrected chi connectivity index (χ2v) is 7.40. The van der Waals surface area contributed by atoms with Gasteiger partial charge in [-0.05, 0) is 49.7 Å². The maximum atomic E-state index is 11.1. The van der Waals surface area contributed by atoms with Crippen molar-refractivity contribution in [2.45, 2.75) is 32.6 Å². The molecule has 2 heterocycles. The SMILES string of the molecule is CC(C(=O)O)C1CCC(CN2CCN(c3ccncc3)CC2)CC1. The minimum atomic E-state index is -0.634. The number of nitrogens with zero attached hydrogens (tertiary/aromatic N) is 3. The van der Waals surface area contributed by atoms with Gasteiger partial charge in [-0.25, -0.2) is 0 Å². The Kier molecular flexibility index (Phi) is 5.72. The molecule has 2 fully saturated rings. The van der Waals surface area contributed by atoms with Gasteiger partial charge < -0.3 is 10.0 Å². The van der Waals surface area contributed by atoms with E-state index in [1.165, 1.54) is 25.1 Å². The molecule has 1 aliphatic heterocycles. The van der Waals surface area contributed by atoms with Gasteiger partial charge in [-0.3, -0.25) is 14.7 Å². The van der Waals surface area contributed by atoms with E-state index in [4.69, 9.17) is 5.11 Å². The van der Waals surface area contributed by atoms with E-state index in [1.807, 2.05) is 19.3 Å². The van der Waals surface area contributed by atoms with Gasteiger partial charge in [0.2, 0.25) is 0 Å². The number of aliphatic carboxylic acids is 1. The highest BCUT2D eigenvalue weighted by molar-refractivity contribution is 5.69. The summed E-state index contributed by atoms with van der Waals surface area (Å²) in [7, 11) is 0. The monoisotopic (exact) mass is 331 g/mol. The number of carbonyl (C=O) groups is 1. The zero-order chi connectivity index (χ0) is 16.9. The number of aromatic nitrogens is 1. The molecule has 0 aromatic carbocycles. The molecule has 24 heavy (non-hydrogen) atoms. The number of carboxylic acids is 1. The molecular weight excluding hydrogens is 302 g/mol. The molecule has 1 aromatic rings. The molecule has 1 saturated heterocycles. The van der Waals surface area contributed by atoms with E-state index >= 15 is 0 Å². The first-order valence-electron chi connectivity index (χ1n) is 9.23. The standard InChI is InChI=1S/C19H29N3O2/c1-15(19(23)24)17-4-2-16(3-5-17)14-21-10-12-22(13-11-21)18-6-8-20-9-7-18/h6-9,15-17H,2-5,10-14H2,1H3,(H,23,24). The minimum Gasteiger partial charge on any atom is -0.481 e. The first kappa shape index (κ1) is 17.2. The van der Waals surface area contributed by atoms with E-state index in [0.29, 0.717) is 5.92 Å². The lowest BCUT2D eigenvalue weighted by atomic mass is 9.76. The third-order valence-corrected chi connectivity index (χ3v) is 5.90. The summed E-state index contributed by atoms with van der Waals surface area (Å²) in [5.41, 5.74) is 1.27. The fourth-order valence-electron chi connectivity index (χ4n) is 4.18. The third kappa shape index (κ3) is 4.26. The summed E-state index contributed by atoms with van der Waals surface area (Å²) in [5.74, 6) is 0.303. The van der Waals surface area contributed by atoms with Crippen LogP contribution in [0.3, 0.4) is 0 Å². The molecule has 0 bridgehead atoms. The molecule has 0 radical (unpaired) electrons. The van der Waals surface area contributed by atoms with Crippen molar-refractivity contribution in [2.24, 2.45) is 17.8 Å². The molecule has 5 nitrogen and oxygen atoms in total. The van der Waals surface area contributed by atoms with Crippen molar-refractivity contribution in [3.8, 4) is 0 Å². The third-order valence-electron chi connectivity index (χ3n) is 5.90. The number of rotatable bonds is 5. The second-order valence-electron chi connectivity index (χ2n) is 7.40. The first-order valence-corrected chi connectivity index (χ1v) is 9.23. The largest absolute Gasteiger partial charge is 0.481 e. The highest BCUT2D eigenvalue weighted by Gasteiger charge is 2.30. The van der Waals surface area contributed by atoms with E-state index in [2.05, 4.69) is 26.9 Å². The van der Waals surface area contributed by atoms with Crippen molar-refractivity contribution in [3.05, 3.63) is 24.5 Å². The molecule has 0 spiro atoms. The van der Waals surface area contributed by atoms with Gasteiger partial charge in [-0.15, -0.1) is 0 Å². The molecule has 1 N–H and O–H groups in total. The summed E-state index contributed by atoms with van der Waals surface area (Å²) in [4.78, 5) is 20.2. The topological polar surface area (TPSA) is 56.7 Å². The first-order chi connectivity index (χ1) is 11.6. The highest BCUT2D eigenvalue weighted by atomic mass is 16.4. The van der Waals surface area contributed by atoms with Gasteiger partial charge in [0.05, 0.1) is 5.92 Å². The number of anilines is 1. The number of hydrogen-bond donors (Lipinski definition) is 1. The van der Waals surface area contributed by atoms with Crippen LogP contribution >= 0.6 is 0 Å². The van der Waals surface area contributed by atoms with Crippen molar-refractivity contribution >= 4 is 11.7 Å². The number of piperazine rings is 1. The molecule has 1 aromatic heterocycles. The molecular formula is C19H29N3O2. The van der Waals surface area contributed by atoms with Crippen LogP contribution in [0.5, 0.6) is 0 Å². The van der Waals surface area contributed by atoms with Gasteiger partial charge in [0.1, 0.15) is 0 Å². The van der Waals surface area contributed by atoms with Crippen molar-refractivity contribution in [1.82, 2.24) is 9.88 Å². The smallest absolute Gasteiger partial charge is 0.306 e. The van der Waals surface area contributed by atoms with Gasteiger partial charge in [0.15, 0.2) is 0 Å². The Morgan fingerprint density at radius 1 is 1.17 bits per heavy atom. The van der Waals surface area contributed by atoms with Crippen LogP contribution in [0.2, 0.25) is 0 Å². The zero-order valence-corrected chi connectivity index (χ0v) is 14.6. The quantitative estimate of drug-likeness (QED) is 0.899. The predicted octanol–water partition coefficient (Wildman–Crippen LogP) is 2.73. The predicted molar refractivity (Wildman–Crippen MR) is 95.1 cm³/mol. The van der Waals surface area contributed by atoms with Crippen LogP contribution in [-0.4, -0.2) is 53.7 Å². The fraction of sp³-hybridized carbons (Fsp3) is 0.684. The molecule has 3 rings (SSSR count). The summed E-state index contributed by atoms with van der Waals surface area (Å²) in [6, 6.07) is 4.17. The number of hydrogen-bond acceptors (Lipinski definition) is 4. The average Bonchev–Trinajstić information content (AvgIpc) is 2.63. The van der Waals surface area contributed by atoms with Gasteiger partial charge >= 0.3 is 5.97 Å². The fourth-order valence-corrected chi connectivity index (χ4v) is 4.18. The lowest BCUT2D eigenvalue weighted by Gasteiger charge is -2.39. The molecule has 1 aliphatic carbocycles. The van der Waals surface area contributed by atoms with E-state index < -0.39 is 5.97 Å². The van der Waals surface area contributed by atoms with Crippen molar-refractivity contribution in [1.29, 1.82) is 0 Å². The second kappa shape index (κ2) is 7.97. The van der Waals surface area contributed by atoms with Crippen LogP contribution in [0.4, 0.5) is 5.69 Å². The maximum Gasteiger partial charge on any atom is 0.306 e. The van der Waals surface area contributed by atoms with Crippen LogP contribution in [0.1, 0.15) is 32.6 Å². The molecule has 0 amide bonds. The summed E-state index contributed by atoms with van der Waals surface area (Å²) in [6.07, 6.45) is 8.25. The Balaban J connectivity index is 1.40. The molecule has 2 aliphatic rings. The summed E-state index contributed by atoms with van der Waals surface area (Å²) < 4.78 is 0. The van der Waals surface area contributed by atoms with Gasteiger partial charge in [-0.1, -0.05) is 6.92 Å². The average molecular weight is 331 g/mol. The highest BCUT2D eigenvalue weighted by Crippen LogP contribution is 2.34. The lowest BCUT2D eigenvalue weighted by molar-refractivity contribution is -0.143. The van der Waals surface area contributed by atoms with E-state index in [-0.39, 0.29) is 5.92 Å². The number of pyridine rings is 1. The molecule has 5 heteroatoms.